The van der Waals surface area contributed by atoms with E-state index in [4.69, 9.17) is 10.5 Å². The zero-order valence-corrected chi connectivity index (χ0v) is 9.80. The van der Waals surface area contributed by atoms with Gasteiger partial charge in [0.15, 0.2) is 0 Å². The van der Waals surface area contributed by atoms with Crippen molar-refractivity contribution in [3.63, 3.8) is 0 Å². The van der Waals surface area contributed by atoms with Crippen LogP contribution in [0, 0.1) is 0 Å². The van der Waals surface area contributed by atoms with Crippen LogP contribution in [0.2, 0.25) is 0 Å². The number of ether oxygens (including phenoxy) is 1. The number of benzene rings is 1. The van der Waals surface area contributed by atoms with Crippen molar-refractivity contribution in [1.29, 1.82) is 0 Å². The second kappa shape index (κ2) is 4.90. The summed E-state index contributed by atoms with van der Waals surface area (Å²) in [5.74, 6) is 3.74. The van der Waals surface area contributed by atoms with Gasteiger partial charge in [-0.2, -0.15) is 11.8 Å². The fourth-order valence-corrected chi connectivity index (χ4v) is 2.83. The highest BCUT2D eigenvalue weighted by Crippen LogP contribution is 2.35. The summed E-state index contributed by atoms with van der Waals surface area (Å²) in [6.07, 6.45) is 0. The third kappa shape index (κ3) is 2.67. The summed E-state index contributed by atoms with van der Waals surface area (Å²) in [5, 5.41) is 0. The molecule has 1 aromatic carbocycles. The first-order valence-corrected chi connectivity index (χ1v) is 6.48. The molecular weight excluding hydrogens is 206 g/mol. The van der Waals surface area contributed by atoms with E-state index in [0.29, 0.717) is 5.92 Å². The Kier molecular flexibility index (Phi) is 3.54. The molecular formula is C12H17NOS. The molecule has 0 saturated heterocycles. The number of para-hydroxylation sites is 1. The minimum atomic E-state index is 0.285. The minimum Gasteiger partial charge on any atom is -0.493 e. The number of hydrogen-bond acceptors (Lipinski definition) is 3. The summed E-state index contributed by atoms with van der Waals surface area (Å²) in [6.45, 7) is 2.87. The summed E-state index contributed by atoms with van der Waals surface area (Å²) in [4.78, 5) is 0. The van der Waals surface area contributed by atoms with Crippen LogP contribution in [0.25, 0.3) is 0 Å². The molecule has 2 nitrogen and oxygen atoms in total. The summed E-state index contributed by atoms with van der Waals surface area (Å²) in [5.41, 5.74) is 7.08. The van der Waals surface area contributed by atoms with Crippen molar-refractivity contribution in [1.82, 2.24) is 0 Å². The summed E-state index contributed by atoms with van der Waals surface area (Å²) in [7, 11) is 0. The third-order valence-electron chi connectivity index (χ3n) is 2.50. The first-order chi connectivity index (χ1) is 7.27. The molecule has 0 fully saturated rings. The number of thioether (sulfide) groups is 1. The van der Waals surface area contributed by atoms with Gasteiger partial charge in [0.05, 0.1) is 6.61 Å². The average molecular weight is 223 g/mol. The Labute approximate surface area is 95.2 Å². The molecule has 2 rings (SSSR count). The van der Waals surface area contributed by atoms with Crippen LogP contribution in [0.4, 0.5) is 0 Å². The Morgan fingerprint density at radius 3 is 3.13 bits per heavy atom. The zero-order chi connectivity index (χ0) is 10.7. The van der Waals surface area contributed by atoms with Crippen molar-refractivity contribution in [2.24, 2.45) is 5.73 Å². The smallest absolute Gasteiger partial charge is 0.122 e. The van der Waals surface area contributed by atoms with Crippen molar-refractivity contribution < 1.29 is 4.74 Å². The van der Waals surface area contributed by atoms with Crippen LogP contribution >= 0.6 is 11.8 Å². The van der Waals surface area contributed by atoms with E-state index in [-0.39, 0.29) is 6.04 Å². The Balaban J connectivity index is 1.90. The van der Waals surface area contributed by atoms with E-state index in [0.717, 1.165) is 23.9 Å². The van der Waals surface area contributed by atoms with E-state index in [9.17, 15) is 0 Å². The third-order valence-corrected chi connectivity index (χ3v) is 3.90. The molecule has 3 heteroatoms. The monoisotopic (exact) mass is 223 g/mol. The van der Waals surface area contributed by atoms with Gasteiger partial charge in [-0.3, -0.25) is 0 Å². The molecule has 0 aliphatic carbocycles. The second-order valence-corrected chi connectivity index (χ2v) is 5.14. The molecule has 1 heterocycles. The van der Waals surface area contributed by atoms with Crippen LogP contribution < -0.4 is 10.5 Å². The molecule has 15 heavy (non-hydrogen) atoms. The Bertz CT molecular complexity index is 327. The normalized spacial score (nSPS) is 20.8. The molecule has 0 saturated carbocycles. The zero-order valence-electron chi connectivity index (χ0n) is 8.98. The fraction of sp³-hybridized carbons (Fsp3) is 0.500. The van der Waals surface area contributed by atoms with Gasteiger partial charge in [0, 0.05) is 29.0 Å². The van der Waals surface area contributed by atoms with Gasteiger partial charge in [-0.05, 0) is 13.0 Å². The number of nitrogens with two attached hydrogens (primary N) is 1. The lowest BCUT2D eigenvalue weighted by atomic mass is 10.0. The van der Waals surface area contributed by atoms with Crippen LogP contribution in [-0.4, -0.2) is 24.2 Å². The highest BCUT2D eigenvalue weighted by atomic mass is 32.2. The molecule has 2 N–H and O–H groups in total. The van der Waals surface area contributed by atoms with Gasteiger partial charge in [0.25, 0.3) is 0 Å². The van der Waals surface area contributed by atoms with Gasteiger partial charge in [-0.25, -0.2) is 0 Å². The molecule has 1 aliphatic rings. The molecule has 1 aliphatic heterocycles. The van der Waals surface area contributed by atoms with E-state index in [2.05, 4.69) is 12.1 Å². The first-order valence-electron chi connectivity index (χ1n) is 5.32. The lowest BCUT2D eigenvalue weighted by Crippen LogP contribution is -2.18. The van der Waals surface area contributed by atoms with Crippen molar-refractivity contribution >= 4 is 11.8 Å². The lowest BCUT2D eigenvalue weighted by molar-refractivity contribution is 0.338. The lowest BCUT2D eigenvalue weighted by Gasteiger charge is -2.09. The van der Waals surface area contributed by atoms with E-state index >= 15 is 0 Å². The summed E-state index contributed by atoms with van der Waals surface area (Å²) >= 11 is 1.92. The van der Waals surface area contributed by atoms with Gasteiger partial charge in [0.2, 0.25) is 0 Å². The van der Waals surface area contributed by atoms with Crippen molar-refractivity contribution in [3.05, 3.63) is 29.8 Å². The maximum absolute atomic E-state index is 5.72. The van der Waals surface area contributed by atoms with Gasteiger partial charge in [-0.1, -0.05) is 18.2 Å². The molecule has 82 valence electrons. The molecule has 0 bridgehead atoms. The van der Waals surface area contributed by atoms with E-state index in [1.807, 2.05) is 30.8 Å². The fourth-order valence-electron chi connectivity index (χ4n) is 1.76. The quantitative estimate of drug-likeness (QED) is 0.850. The van der Waals surface area contributed by atoms with Gasteiger partial charge < -0.3 is 10.5 Å². The van der Waals surface area contributed by atoms with Gasteiger partial charge in [0.1, 0.15) is 5.75 Å². The molecule has 1 aromatic rings. The molecule has 0 radical (unpaired) electrons. The summed E-state index contributed by atoms with van der Waals surface area (Å²) in [6, 6.07) is 8.60. The second-order valence-electron chi connectivity index (χ2n) is 4.06. The highest BCUT2D eigenvalue weighted by Gasteiger charge is 2.23. The topological polar surface area (TPSA) is 35.2 Å². The first kappa shape index (κ1) is 10.8. The summed E-state index contributed by atoms with van der Waals surface area (Å²) < 4.78 is 5.62. The predicted molar refractivity (Wildman–Crippen MR) is 65.7 cm³/mol. The van der Waals surface area contributed by atoms with Crippen molar-refractivity contribution in [2.45, 2.75) is 18.9 Å². The maximum Gasteiger partial charge on any atom is 0.122 e. The standard InChI is InChI=1S/C12H17NOS/c1-9(13)7-15-8-10-6-14-12-5-3-2-4-11(10)12/h2-5,9-10H,6-8,13H2,1H3. The average Bonchev–Trinajstić information content (AvgIpc) is 2.62. The van der Waals surface area contributed by atoms with Crippen LogP contribution in [0.3, 0.4) is 0 Å². The molecule has 2 atom stereocenters. The van der Waals surface area contributed by atoms with Gasteiger partial charge in [-0.15, -0.1) is 0 Å². The number of rotatable bonds is 4. The van der Waals surface area contributed by atoms with Gasteiger partial charge >= 0.3 is 0 Å². The Morgan fingerprint density at radius 2 is 2.33 bits per heavy atom. The number of fused-ring (bicyclic) bond motifs is 1. The molecule has 0 aromatic heterocycles. The SMILES string of the molecule is CC(N)CSCC1COc2ccccc21. The van der Waals surface area contributed by atoms with Crippen LogP contribution in [0.15, 0.2) is 24.3 Å². The van der Waals surface area contributed by atoms with Crippen molar-refractivity contribution in [2.75, 3.05) is 18.1 Å². The minimum absolute atomic E-state index is 0.285. The van der Waals surface area contributed by atoms with Crippen LogP contribution in [-0.2, 0) is 0 Å². The van der Waals surface area contributed by atoms with Crippen LogP contribution in [0.1, 0.15) is 18.4 Å². The molecule has 0 amide bonds. The molecule has 2 unspecified atom stereocenters. The Hall–Kier alpha value is -0.670. The van der Waals surface area contributed by atoms with E-state index in [1.165, 1.54) is 5.56 Å². The predicted octanol–water partition coefficient (Wildman–Crippen LogP) is 2.24. The van der Waals surface area contributed by atoms with E-state index < -0.39 is 0 Å². The Morgan fingerprint density at radius 1 is 1.53 bits per heavy atom. The highest BCUT2D eigenvalue weighted by molar-refractivity contribution is 7.99. The van der Waals surface area contributed by atoms with E-state index in [1.54, 1.807) is 0 Å². The number of hydrogen-bond donors (Lipinski definition) is 1. The molecule has 0 spiro atoms. The van der Waals surface area contributed by atoms with Crippen molar-refractivity contribution in [3.8, 4) is 5.75 Å². The van der Waals surface area contributed by atoms with Crippen LogP contribution in [0.5, 0.6) is 5.75 Å². The largest absolute Gasteiger partial charge is 0.493 e. The maximum atomic E-state index is 5.72.